The number of benzene rings is 1. The van der Waals surface area contributed by atoms with Crippen molar-refractivity contribution < 1.29 is 5.11 Å². The molecule has 2 nitrogen and oxygen atoms in total. The molecule has 0 aliphatic heterocycles. The first-order valence-electron chi connectivity index (χ1n) is 6.52. The fraction of sp³-hybridized carbons (Fsp3) is 0.600. The molecular formula is C15H25NO. The number of hydrogen-bond acceptors (Lipinski definition) is 2. The third kappa shape index (κ3) is 4.14. The zero-order valence-electron chi connectivity index (χ0n) is 11.5. The van der Waals surface area contributed by atoms with Crippen LogP contribution in [0.4, 0.5) is 0 Å². The standard InChI is InChI=1S/C15H25NO/c1-5-14(8-9-17)16-13(4)15-7-6-11(2)10-12(15)3/h6-7,10,13-14,16-17H,5,8-9H2,1-4H3. The van der Waals surface area contributed by atoms with E-state index in [9.17, 15) is 0 Å². The van der Waals surface area contributed by atoms with E-state index < -0.39 is 0 Å². The maximum absolute atomic E-state index is 9.00. The van der Waals surface area contributed by atoms with E-state index in [0.29, 0.717) is 12.1 Å². The van der Waals surface area contributed by atoms with Crippen LogP contribution in [0.5, 0.6) is 0 Å². The van der Waals surface area contributed by atoms with Crippen molar-refractivity contribution in [3.63, 3.8) is 0 Å². The Hall–Kier alpha value is -0.860. The fourth-order valence-electron chi connectivity index (χ4n) is 2.32. The molecule has 1 rings (SSSR count). The summed E-state index contributed by atoms with van der Waals surface area (Å²) in [5.41, 5.74) is 4.00. The molecule has 2 N–H and O–H groups in total. The van der Waals surface area contributed by atoms with Gasteiger partial charge in [0.05, 0.1) is 0 Å². The van der Waals surface area contributed by atoms with Gasteiger partial charge in [-0.1, -0.05) is 30.7 Å². The lowest BCUT2D eigenvalue weighted by Gasteiger charge is -2.23. The molecule has 96 valence electrons. The molecule has 2 heteroatoms. The Morgan fingerprint density at radius 3 is 2.53 bits per heavy atom. The minimum atomic E-state index is 0.255. The molecule has 0 spiro atoms. The number of hydrogen-bond donors (Lipinski definition) is 2. The number of rotatable bonds is 6. The summed E-state index contributed by atoms with van der Waals surface area (Å²) in [4.78, 5) is 0. The summed E-state index contributed by atoms with van der Waals surface area (Å²) in [6.07, 6.45) is 1.88. The van der Waals surface area contributed by atoms with E-state index in [2.05, 4.69) is 51.2 Å². The van der Waals surface area contributed by atoms with Crippen molar-refractivity contribution in [2.45, 2.75) is 52.6 Å². The highest BCUT2D eigenvalue weighted by molar-refractivity contribution is 5.32. The second kappa shape index (κ2) is 6.77. The predicted molar refractivity (Wildman–Crippen MR) is 73.2 cm³/mol. The van der Waals surface area contributed by atoms with Gasteiger partial charge < -0.3 is 10.4 Å². The van der Waals surface area contributed by atoms with Crippen LogP contribution in [0.25, 0.3) is 0 Å². The number of aliphatic hydroxyl groups excluding tert-OH is 1. The van der Waals surface area contributed by atoms with E-state index in [1.807, 2.05) is 0 Å². The number of aryl methyl sites for hydroxylation is 2. The van der Waals surface area contributed by atoms with Gasteiger partial charge in [-0.05, 0) is 44.7 Å². The van der Waals surface area contributed by atoms with Crippen LogP contribution in [0.1, 0.15) is 49.4 Å². The van der Waals surface area contributed by atoms with Gasteiger partial charge in [0.15, 0.2) is 0 Å². The van der Waals surface area contributed by atoms with Crippen molar-refractivity contribution in [3.8, 4) is 0 Å². The van der Waals surface area contributed by atoms with Crippen molar-refractivity contribution in [1.29, 1.82) is 0 Å². The Bertz CT molecular complexity index is 349. The van der Waals surface area contributed by atoms with Crippen LogP contribution in [0, 0.1) is 13.8 Å². The fourth-order valence-corrected chi connectivity index (χ4v) is 2.32. The van der Waals surface area contributed by atoms with E-state index >= 15 is 0 Å². The molecule has 0 radical (unpaired) electrons. The molecule has 0 bridgehead atoms. The van der Waals surface area contributed by atoms with Gasteiger partial charge in [0, 0.05) is 18.7 Å². The molecule has 0 aliphatic carbocycles. The Morgan fingerprint density at radius 2 is 2.00 bits per heavy atom. The van der Waals surface area contributed by atoms with E-state index in [4.69, 9.17) is 5.11 Å². The number of nitrogens with one attached hydrogen (secondary N) is 1. The molecule has 1 aromatic rings. The van der Waals surface area contributed by atoms with E-state index in [0.717, 1.165) is 12.8 Å². The second-order valence-electron chi connectivity index (χ2n) is 4.87. The van der Waals surface area contributed by atoms with Crippen molar-refractivity contribution in [2.75, 3.05) is 6.61 Å². The van der Waals surface area contributed by atoms with Crippen molar-refractivity contribution in [2.24, 2.45) is 0 Å². The summed E-state index contributed by atoms with van der Waals surface area (Å²) in [5, 5.41) is 12.6. The molecule has 2 atom stereocenters. The van der Waals surface area contributed by atoms with E-state index in [1.54, 1.807) is 0 Å². The van der Waals surface area contributed by atoms with Gasteiger partial charge in [-0.2, -0.15) is 0 Å². The maximum atomic E-state index is 9.00. The molecule has 0 aliphatic rings. The normalized spacial score (nSPS) is 14.6. The maximum Gasteiger partial charge on any atom is 0.0445 e. The molecule has 0 saturated carbocycles. The summed E-state index contributed by atoms with van der Waals surface area (Å²) in [6.45, 7) is 8.88. The van der Waals surface area contributed by atoms with Crippen LogP contribution in [-0.2, 0) is 0 Å². The Morgan fingerprint density at radius 1 is 1.29 bits per heavy atom. The minimum Gasteiger partial charge on any atom is -0.396 e. The lowest BCUT2D eigenvalue weighted by molar-refractivity contribution is 0.257. The van der Waals surface area contributed by atoms with Gasteiger partial charge >= 0.3 is 0 Å². The average Bonchev–Trinajstić information content (AvgIpc) is 2.28. The second-order valence-corrected chi connectivity index (χ2v) is 4.87. The highest BCUT2D eigenvalue weighted by Crippen LogP contribution is 2.19. The minimum absolute atomic E-state index is 0.255. The van der Waals surface area contributed by atoms with Gasteiger partial charge in [-0.3, -0.25) is 0 Å². The smallest absolute Gasteiger partial charge is 0.0445 e. The molecule has 0 heterocycles. The first-order valence-corrected chi connectivity index (χ1v) is 6.52. The molecule has 2 unspecified atom stereocenters. The highest BCUT2D eigenvalue weighted by Gasteiger charge is 2.12. The summed E-state index contributed by atoms with van der Waals surface area (Å²) in [7, 11) is 0. The van der Waals surface area contributed by atoms with Crippen LogP contribution < -0.4 is 5.32 Å². The zero-order valence-corrected chi connectivity index (χ0v) is 11.5. The third-order valence-corrected chi connectivity index (χ3v) is 3.35. The van der Waals surface area contributed by atoms with Gasteiger partial charge in [0.1, 0.15) is 0 Å². The zero-order chi connectivity index (χ0) is 12.8. The molecule has 0 amide bonds. The SMILES string of the molecule is CCC(CCO)NC(C)c1ccc(C)cc1C. The highest BCUT2D eigenvalue weighted by atomic mass is 16.3. The molecule has 1 aromatic carbocycles. The van der Waals surface area contributed by atoms with Gasteiger partial charge in [-0.15, -0.1) is 0 Å². The van der Waals surface area contributed by atoms with E-state index in [1.165, 1.54) is 16.7 Å². The lowest BCUT2D eigenvalue weighted by atomic mass is 9.99. The topological polar surface area (TPSA) is 32.3 Å². The lowest BCUT2D eigenvalue weighted by Crippen LogP contribution is -2.32. The van der Waals surface area contributed by atoms with Crippen LogP contribution in [0.2, 0.25) is 0 Å². The quantitative estimate of drug-likeness (QED) is 0.794. The largest absolute Gasteiger partial charge is 0.396 e. The molecular weight excluding hydrogens is 210 g/mol. The molecule has 0 saturated heterocycles. The Labute approximate surface area is 105 Å². The first-order chi connectivity index (χ1) is 8.08. The van der Waals surface area contributed by atoms with E-state index in [-0.39, 0.29) is 6.61 Å². The monoisotopic (exact) mass is 235 g/mol. The van der Waals surface area contributed by atoms with Crippen LogP contribution >= 0.6 is 0 Å². The first kappa shape index (κ1) is 14.2. The van der Waals surface area contributed by atoms with Gasteiger partial charge in [0.25, 0.3) is 0 Å². The third-order valence-electron chi connectivity index (χ3n) is 3.35. The Balaban J connectivity index is 2.71. The number of aliphatic hydroxyl groups is 1. The summed E-state index contributed by atoms with van der Waals surface area (Å²) < 4.78 is 0. The average molecular weight is 235 g/mol. The van der Waals surface area contributed by atoms with Crippen LogP contribution in [0.3, 0.4) is 0 Å². The summed E-state index contributed by atoms with van der Waals surface area (Å²) in [6, 6.07) is 7.32. The van der Waals surface area contributed by atoms with Crippen molar-refractivity contribution in [3.05, 3.63) is 34.9 Å². The summed E-state index contributed by atoms with van der Waals surface area (Å²) >= 11 is 0. The predicted octanol–water partition coefficient (Wildman–Crippen LogP) is 3.12. The molecule has 17 heavy (non-hydrogen) atoms. The van der Waals surface area contributed by atoms with Crippen LogP contribution in [-0.4, -0.2) is 17.8 Å². The molecule has 0 fully saturated rings. The van der Waals surface area contributed by atoms with Gasteiger partial charge in [0.2, 0.25) is 0 Å². The van der Waals surface area contributed by atoms with Crippen molar-refractivity contribution >= 4 is 0 Å². The summed E-state index contributed by atoms with van der Waals surface area (Å²) in [5.74, 6) is 0. The van der Waals surface area contributed by atoms with Crippen molar-refractivity contribution in [1.82, 2.24) is 5.32 Å². The van der Waals surface area contributed by atoms with Gasteiger partial charge in [-0.25, -0.2) is 0 Å². The Kier molecular flexibility index (Phi) is 5.66. The van der Waals surface area contributed by atoms with Crippen LogP contribution in [0.15, 0.2) is 18.2 Å². The molecule has 0 aromatic heterocycles.